The van der Waals surface area contributed by atoms with E-state index in [1.807, 2.05) is 14.0 Å². The van der Waals surface area contributed by atoms with Crippen LogP contribution in [-0.2, 0) is 18.2 Å². The number of nitrogens with zero attached hydrogens (tertiary/aromatic N) is 5. The van der Waals surface area contributed by atoms with Crippen LogP contribution < -0.4 is 5.32 Å². The molecule has 0 atom stereocenters. The maximum Gasteiger partial charge on any atom is 0.211 e. The average molecular weight is 310 g/mol. The number of ether oxygens (including phenoxy) is 1. The van der Waals surface area contributed by atoms with Crippen molar-refractivity contribution < 1.29 is 4.74 Å². The van der Waals surface area contributed by atoms with Crippen molar-refractivity contribution in [3.05, 3.63) is 10.7 Å². The summed E-state index contributed by atoms with van der Waals surface area (Å²) in [5.41, 5.74) is 1.88. The van der Waals surface area contributed by atoms with E-state index in [4.69, 9.17) is 4.74 Å². The Morgan fingerprint density at radius 1 is 1.25 bits per heavy atom. The lowest BCUT2D eigenvalue weighted by atomic mass is 10.5. The van der Waals surface area contributed by atoms with Gasteiger partial charge in [0, 0.05) is 20.6 Å². The number of thiazole rings is 1. The highest BCUT2D eigenvalue weighted by molar-refractivity contribution is 7.22. The quantitative estimate of drug-likeness (QED) is 0.778. The lowest BCUT2D eigenvalue weighted by Gasteiger charge is -1.94. The van der Waals surface area contributed by atoms with Gasteiger partial charge in [0.15, 0.2) is 10.8 Å². The van der Waals surface area contributed by atoms with E-state index in [0.717, 1.165) is 37.7 Å². The van der Waals surface area contributed by atoms with Gasteiger partial charge in [-0.25, -0.2) is 9.67 Å². The maximum atomic E-state index is 5.03. The number of nitrogens with one attached hydrogen (secondary N) is 1. The minimum atomic E-state index is 0.653. The van der Waals surface area contributed by atoms with E-state index in [1.165, 1.54) is 11.3 Å². The second kappa shape index (κ2) is 5.43. The maximum absolute atomic E-state index is 5.03. The molecule has 7 nitrogen and oxygen atoms in total. The monoisotopic (exact) mass is 310 g/mol. The summed E-state index contributed by atoms with van der Waals surface area (Å²) >= 11 is 3.09. The summed E-state index contributed by atoms with van der Waals surface area (Å²) in [6, 6.07) is 0. The summed E-state index contributed by atoms with van der Waals surface area (Å²) < 4.78 is 7.91. The van der Waals surface area contributed by atoms with Gasteiger partial charge in [0.2, 0.25) is 5.13 Å². The fourth-order valence-electron chi connectivity index (χ4n) is 1.82. The molecule has 0 aliphatic heterocycles. The number of anilines is 2. The molecule has 0 unspecified atom stereocenters. The molecule has 0 aliphatic carbocycles. The summed E-state index contributed by atoms with van der Waals surface area (Å²) in [7, 11) is 3.57. The first-order valence-corrected chi connectivity index (χ1v) is 7.69. The zero-order valence-electron chi connectivity index (χ0n) is 11.4. The molecule has 0 radical (unpaired) electrons. The van der Waals surface area contributed by atoms with Gasteiger partial charge in [0.25, 0.3) is 0 Å². The summed E-state index contributed by atoms with van der Waals surface area (Å²) in [6.07, 6.45) is 0.777. The van der Waals surface area contributed by atoms with Crippen LogP contribution in [0.2, 0.25) is 0 Å². The Morgan fingerprint density at radius 2 is 2.10 bits per heavy atom. The van der Waals surface area contributed by atoms with Gasteiger partial charge in [-0.2, -0.15) is 5.10 Å². The van der Waals surface area contributed by atoms with Crippen molar-refractivity contribution >= 4 is 43.3 Å². The van der Waals surface area contributed by atoms with Crippen molar-refractivity contribution in [3.63, 3.8) is 0 Å². The molecule has 3 aromatic heterocycles. The Balaban J connectivity index is 1.78. The van der Waals surface area contributed by atoms with Crippen molar-refractivity contribution in [2.45, 2.75) is 13.3 Å². The molecule has 0 aromatic carbocycles. The van der Waals surface area contributed by atoms with Crippen molar-refractivity contribution in [3.8, 4) is 0 Å². The minimum Gasteiger partial charge on any atom is -0.384 e. The van der Waals surface area contributed by atoms with Gasteiger partial charge in [0.05, 0.1) is 17.0 Å². The number of rotatable bonds is 5. The molecule has 3 rings (SSSR count). The Labute approximate surface area is 123 Å². The SMILES string of the molecule is COCCc1nnc(Nc2nc3c(s2)c(C)nn3C)s1. The summed E-state index contributed by atoms with van der Waals surface area (Å²) in [4.78, 5) is 4.52. The van der Waals surface area contributed by atoms with E-state index >= 15 is 0 Å². The van der Waals surface area contributed by atoms with Crippen LogP contribution in [0.3, 0.4) is 0 Å². The summed E-state index contributed by atoms with van der Waals surface area (Å²) in [6.45, 7) is 2.64. The fourth-order valence-corrected chi connectivity index (χ4v) is 3.54. The van der Waals surface area contributed by atoms with E-state index in [2.05, 4.69) is 25.6 Å². The number of methoxy groups -OCH3 is 1. The molecule has 0 amide bonds. The molecule has 9 heteroatoms. The van der Waals surface area contributed by atoms with Crippen molar-refractivity contribution in [1.29, 1.82) is 0 Å². The molecule has 106 valence electrons. The highest BCUT2D eigenvalue weighted by atomic mass is 32.1. The van der Waals surface area contributed by atoms with Crippen LogP contribution >= 0.6 is 22.7 Å². The number of fused-ring (bicyclic) bond motifs is 1. The number of aromatic nitrogens is 5. The fraction of sp³-hybridized carbons (Fsp3) is 0.455. The van der Waals surface area contributed by atoms with E-state index < -0.39 is 0 Å². The predicted octanol–water partition coefficient (Wildman–Crippen LogP) is 2.12. The van der Waals surface area contributed by atoms with Crippen molar-refractivity contribution in [2.24, 2.45) is 7.05 Å². The standard InChI is InChI=1S/C11H14N6OS2/c1-6-8-9(17(2)16-6)12-10(20-8)13-11-15-14-7(19-11)4-5-18-3/h4-5H2,1-3H3,(H,12,13,15). The summed E-state index contributed by atoms with van der Waals surface area (Å²) in [5.74, 6) is 0. The Morgan fingerprint density at radius 3 is 2.85 bits per heavy atom. The topological polar surface area (TPSA) is 77.8 Å². The lowest BCUT2D eigenvalue weighted by Crippen LogP contribution is -1.93. The van der Waals surface area contributed by atoms with Crippen LogP contribution in [0, 0.1) is 6.92 Å². The van der Waals surface area contributed by atoms with Crippen LogP contribution in [0.4, 0.5) is 10.3 Å². The largest absolute Gasteiger partial charge is 0.384 e. The van der Waals surface area contributed by atoms with E-state index in [9.17, 15) is 0 Å². The third kappa shape index (κ3) is 2.51. The first-order valence-electron chi connectivity index (χ1n) is 6.06. The van der Waals surface area contributed by atoms with Gasteiger partial charge in [0.1, 0.15) is 5.01 Å². The first-order chi connectivity index (χ1) is 9.67. The van der Waals surface area contributed by atoms with Crippen LogP contribution in [0.1, 0.15) is 10.7 Å². The highest BCUT2D eigenvalue weighted by Crippen LogP contribution is 2.30. The van der Waals surface area contributed by atoms with Crippen molar-refractivity contribution in [1.82, 2.24) is 25.0 Å². The van der Waals surface area contributed by atoms with E-state index in [0.29, 0.717) is 6.61 Å². The molecule has 0 fully saturated rings. The lowest BCUT2D eigenvalue weighted by molar-refractivity contribution is 0.202. The summed E-state index contributed by atoms with van der Waals surface area (Å²) in [5, 5.41) is 18.3. The number of aryl methyl sites for hydroxylation is 2. The number of hydrogen-bond acceptors (Lipinski definition) is 8. The molecule has 1 N–H and O–H groups in total. The second-order valence-corrected chi connectivity index (χ2v) is 6.31. The molecule has 0 spiro atoms. The molecule has 3 heterocycles. The molecule has 0 saturated carbocycles. The van der Waals surface area contributed by atoms with Crippen LogP contribution in [0.25, 0.3) is 10.3 Å². The Hall–Kier alpha value is -1.58. The van der Waals surface area contributed by atoms with Crippen LogP contribution in [-0.4, -0.2) is 38.7 Å². The molecule has 20 heavy (non-hydrogen) atoms. The van der Waals surface area contributed by atoms with Gasteiger partial charge in [-0.15, -0.1) is 10.2 Å². The zero-order chi connectivity index (χ0) is 14.1. The molecular formula is C11H14N6OS2. The third-order valence-electron chi connectivity index (χ3n) is 2.75. The minimum absolute atomic E-state index is 0.653. The van der Waals surface area contributed by atoms with Gasteiger partial charge >= 0.3 is 0 Å². The predicted molar refractivity (Wildman–Crippen MR) is 79.9 cm³/mol. The molecule has 0 aliphatic rings. The normalized spacial score (nSPS) is 11.3. The van der Waals surface area contributed by atoms with Crippen LogP contribution in [0.15, 0.2) is 0 Å². The smallest absolute Gasteiger partial charge is 0.211 e. The third-order valence-corrected chi connectivity index (χ3v) is 4.71. The Bertz CT molecular complexity index is 696. The number of hydrogen-bond donors (Lipinski definition) is 1. The average Bonchev–Trinajstić information content (AvgIpc) is 3.08. The molecule has 3 aromatic rings. The van der Waals surface area contributed by atoms with Gasteiger partial charge in [-0.05, 0) is 6.92 Å². The molecular weight excluding hydrogens is 296 g/mol. The zero-order valence-corrected chi connectivity index (χ0v) is 13.0. The second-order valence-electron chi connectivity index (χ2n) is 4.25. The van der Waals surface area contributed by atoms with Gasteiger partial charge < -0.3 is 10.1 Å². The first kappa shape index (κ1) is 13.4. The van der Waals surface area contributed by atoms with Gasteiger partial charge in [-0.3, -0.25) is 0 Å². The van der Waals surface area contributed by atoms with Crippen molar-refractivity contribution in [2.75, 3.05) is 19.0 Å². The van der Waals surface area contributed by atoms with E-state index in [1.54, 1.807) is 23.1 Å². The van der Waals surface area contributed by atoms with Gasteiger partial charge in [-0.1, -0.05) is 22.7 Å². The Kier molecular flexibility index (Phi) is 3.64. The highest BCUT2D eigenvalue weighted by Gasteiger charge is 2.13. The van der Waals surface area contributed by atoms with E-state index in [-0.39, 0.29) is 0 Å². The molecule has 0 saturated heterocycles. The van der Waals surface area contributed by atoms with Crippen LogP contribution in [0.5, 0.6) is 0 Å². The molecule has 0 bridgehead atoms.